The molecule has 0 fully saturated rings. The van der Waals surface area contributed by atoms with E-state index in [2.05, 4.69) is 13.2 Å². The van der Waals surface area contributed by atoms with Crippen molar-refractivity contribution in [2.45, 2.75) is 18.9 Å². The average Bonchev–Trinajstić information content (AvgIpc) is 3.03. The summed E-state index contributed by atoms with van der Waals surface area (Å²) >= 11 is 0. The van der Waals surface area contributed by atoms with E-state index in [-0.39, 0.29) is 19.2 Å². The maximum atomic E-state index is 12.0. The van der Waals surface area contributed by atoms with Crippen molar-refractivity contribution in [1.82, 2.24) is 4.57 Å². The number of esters is 2. The molecule has 20 heavy (non-hydrogen) atoms. The Kier molecular flexibility index (Phi) is 4.40. The molecule has 0 N–H and O–H groups in total. The van der Waals surface area contributed by atoms with Crippen molar-refractivity contribution in [2.24, 2.45) is 0 Å². The lowest BCUT2D eigenvalue weighted by atomic mass is 10.0. The van der Waals surface area contributed by atoms with Crippen molar-refractivity contribution < 1.29 is 19.1 Å². The summed E-state index contributed by atoms with van der Waals surface area (Å²) in [5.41, 5.74) is 1.10. The van der Waals surface area contributed by atoms with Gasteiger partial charge in [-0.05, 0) is 12.5 Å². The number of fused-ring (bicyclic) bond motifs is 1. The number of nitrogens with zero attached hydrogens (tertiary/aromatic N) is 1. The van der Waals surface area contributed by atoms with Gasteiger partial charge in [0, 0.05) is 18.4 Å². The Morgan fingerprint density at radius 3 is 2.70 bits per heavy atom. The van der Waals surface area contributed by atoms with Crippen LogP contribution >= 0.6 is 0 Å². The van der Waals surface area contributed by atoms with E-state index in [4.69, 9.17) is 9.47 Å². The molecule has 1 aliphatic rings. The molecule has 1 atom stereocenters. The lowest BCUT2D eigenvalue weighted by Gasteiger charge is -2.11. The second kappa shape index (κ2) is 6.23. The molecule has 2 heterocycles. The van der Waals surface area contributed by atoms with Gasteiger partial charge in [-0.3, -0.25) is 4.79 Å². The Balaban J connectivity index is 2.19. The largest absolute Gasteiger partial charge is 0.461 e. The highest BCUT2D eigenvalue weighted by molar-refractivity contribution is 5.93. The van der Waals surface area contributed by atoms with E-state index in [0.29, 0.717) is 24.2 Å². The quantitative estimate of drug-likeness (QED) is 0.589. The molecule has 5 nitrogen and oxygen atoms in total. The highest BCUT2D eigenvalue weighted by Gasteiger charge is 2.34. The Labute approximate surface area is 117 Å². The van der Waals surface area contributed by atoms with Crippen LogP contribution in [0.4, 0.5) is 0 Å². The minimum Gasteiger partial charge on any atom is -0.461 e. The highest BCUT2D eigenvalue weighted by Crippen LogP contribution is 2.33. The third-order valence-electron chi connectivity index (χ3n) is 3.18. The molecular formula is C15H17NO4. The molecule has 1 aromatic rings. The SMILES string of the molecule is C=CCOC(=O)c1ccn2c1C(C(=O)OCC=C)CC2. The van der Waals surface area contributed by atoms with Crippen molar-refractivity contribution in [3.05, 3.63) is 48.8 Å². The van der Waals surface area contributed by atoms with Crippen LogP contribution in [0.2, 0.25) is 0 Å². The number of ether oxygens (including phenoxy) is 2. The van der Waals surface area contributed by atoms with Crippen LogP contribution in [0.3, 0.4) is 0 Å². The lowest BCUT2D eigenvalue weighted by Crippen LogP contribution is -2.17. The summed E-state index contributed by atoms with van der Waals surface area (Å²) in [6.45, 7) is 8.02. The minimum absolute atomic E-state index is 0.148. The average molecular weight is 275 g/mol. The molecule has 0 aromatic carbocycles. The zero-order valence-electron chi connectivity index (χ0n) is 11.2. The van der Waals surface area contributed by atoms with Crippen LogP contribution in [0.1, 0.15) is 28.4 Å². The summed E-state index contributed by atoms with van der Waals surface area (Å²) in [5.74, 6) is -1.20. The summed E-state index contributed by atoms with van der Waals surface area (Å²) in [7, 11) is 0. The van der Waals surface area contributed by atoms with Crippen molar-refractivity contribution >= 4 is 11.9 Å². The molecule has 1 unspecified atom stereocenters. The third-order valence-corrected chi connectivity index (χ3v) is 3.18. The standard InChI is InChI=1S/C15H17NO4/c1-3-9-19-14(17)11-5-7-16-8-6-12(13(11)16)15(18)20-10-4-2/h3-5,7,12H,1-2,6,8-10H2. The summed E-state index contributed by atoms with van der Waals surface area (Å²) in [4.78, 5) is 24.0. The van der Waals surface area contributed by atoms with Crippen LogP contribution < -0.4 is 0 Å². The van der Waals surface area contributed by atoms with E-state index in [1.807, 2.05) is 4.57 Å². The van der Waals surface area contributed by atoms with Crippen molar-refractivity contribution in [3.63, 3.8) is 0 Å². The van der Waals surface area contributed by atoms with Gasteiger partial charge in [0.1, 0.15) is 13.2 Å². The molecule has 5 heteroatoms. The van der Waals surface area contributed by atoms with Crippen LogP contribution in [-0.2, 0) is 20.8 Å². The topological polar surface area (TPSA) is 57.5 Å². The summed E-state index contributed by atoms with van der Waals surface area (Å²) in [6, 6.07) is 1.67. The van der Waals surface area contributed by atoms with Gasteiger partial charge in [-0.15, -0.1) is 0 Å². The molecule has 1 aliphatic heterocycles. The van der Waals surface area contributed by atoms with E-state index in [1.165, 1.54) is 12.2 Å². The van der Waals surface area contributed by atoms with Crippen molar-refractivity contribution in [1.29, 1.82) is 0 Å². The normalized spacial score (nSPS) is 16.3. The Hall–Kier alpha value is -2.30. The number of aryl methyl sites for hydroxylation is 1. The number of rotatable bonds is 6. The first-order valence-corrected chi connectivity index (χ1v) is 6.43. The van der Waals surface area contributed by atoms with Crippen LogP contribution in [0.5, 0.6) is 0 Å². The second-order valence-electron chi connectivity index (χ2n) is 4.46. The summed E-state index contributed by atoms with van der Waals surface area (Å²) < 4.78 is 12.0. The molecule has 0 radical (unpaired) electrons. The molecule has 0 saturated heterocycles. The molecule has 0 bridgehead atoms. The Morgan fingerprint density at radius 2 is 2.00 bits per heavy atom. The molecule has 0 aliphatic carbocycles. The zero-order valence-corrected chi connectivity index (χ0v) is 11.2. The van der Waals surface area contributed by atoms with Gasteiger partial charge in [-0.1, -0.05) is 25.3 Å². The smallest absolute Gasteiger partial charge is 0.340 e. The highest BCUT2D eigenvalue weighted by atomic mass is 16.5. The monoisotopic (exact) mass is 275 g/mol. The predicted molar refractivity (Wildman–Crippen MR) is 73.4 cm³/mol. The number of hydrogen-bond donors (Lipinski definition) is 0. The molecule has 0 spiro atoms. The van der Waals surface area contributed by atoms with E-state index in [9.17, 15) is 9.59 Å². The fourth-order valence-electron chi connectivity index (χ4n) is 2.33. The van der Waals surface area contributed by atoms with E-state index in [0.717, 1.165) is 0 Å². The van der Waals surface area contributed by atoms with Gasteiger partial charge in [-0.25, -0.2) is 4.79 Å². The first-order chi connectivity index (χ1) is 9.69. The first kappa shape index (κ1) is 14.1. The molecule has 0 amide bonds. The third kappa shape index (κ3) is 2.66. The van der Waals surface area contributed by atoms with Crippen LogP contribution in [0, 0.1) is 0 Å². The van der Waals surface area contributed by atoms with Gasteiger partial charge >= 0.3 is 11.9 Å². The van der Waals surface area contributed by atoms with E-state index in [1.54, 1.807) is 12.3 Å². The molecule has 0 saturated carbocycles. The molecule has 2 rings (SSSR count). The molecule has 106 valence electrons. The predicted octanol–water partition coefficient (Wildman–Crippen LogP) is 2.05. The number of hydrogen-bond acceptors (Lipinski definition) is 4. The van der Waals surface area contributed by atoms with Crippen molar-refractivity contribution in [3.8, 4) is 0 Å². The van der Waals surface area contributed by atoms with Gasteiger partial charge in [0.2, 0.25) is 0 Å². The number of carbonyl (C=O) groups is 2. The molecular weight excluding hydrogens is 258 g/mol. The fraction of sp³-hybridized carbons (Fsp3) is 0.333. The Morgan fingerprint density at radius 1 is 1.30 bits per heavy atom. The van der Waals surface area contributed by atoms with E-state index >= 15 is 0 Å². The fourth-order valence-corrected chi connectivity index (χ4v) is 2.33. The van der Waals surface area contributed by atoms with Gasteiger partial charge < -0.3 is 14.0 Å². The van der Waals surface area contributed by atoms with Gasteiger partial charge in [-0.2, -0.15) is 0 Å². The van der Waals surface area contributed by atoms with Crippen LogP contribution in [0.25, 0.3) is 0 Å². The summed E-state index contributed by atoms with van der Waals surface area (Å²) in [5, 5.41) is 0. The van der Waals surface area contributed by atoms with Crippen LogP contribution in [-0.4, -0.2) is 29.7 Å². The maximum absolute atomic E-state index is 12.0. The van der Waals surface area contributed by atoms with Gasteiger partial charge in [0.25, 0.3) is 0 Å². The second-order valence-corrected chi connectivity index (χ2v) is 4.46. The van der Waals surface area contributed by atoms with Crippen LogP contribution in [0.15, 0.2) is 37.6 Å². The first-order valence-electron chi connectivity index (χ1n) is 6.43. The molecule has 1 aromatic heterocycles. The Bertz CT molecular complexity index is 544. The van der Waals surface area contributed by atoms with Gasteiger partial charge in [0.05, 0.1) is 11.5 Å². The number of aromatic nitrogens is 1. The maximum Gasteiger partial charge on any atom is 0.340 e. The number of carbonyl (C=O) groups excluding carboxylic acids is 2. The zero-order chi connectivity index (χ0) is 14.5. The van der Waals surface area contributed by atoms with Crippen molar-refractivity contribution in [2.75, 3.05) is 13.2 Å². The minimum atomic E-state index is -0.443. The van der Waals surface area contributed by atoms with E-state index < -0.39 is 11.9 Å². The van der Waals surface area contributed by atoms with Gasteiger partial charge in [0.15, 0.2) is 0 Å². The summed E-state index contributed by atoms with van der Waals surface area (Å²) in [6.07, 6.45) is 5.45. The lowest BCUT2D eigenvalue weighted by molar-refractivity contribution is -0.144.